The molecule has 0 aromatic carbocycles. The van der Waals surface area contributed by atoms with Crippen LogP contribution in [-0.4, -0.2) is 19.5 Å². The van der Waals surface area contributed by atoms with Crippen LogP contribution in [0.4, 0.5) is 0 Å². The zero-order valence-electron chi connectivity index (χ0n) is 8.60. The quantitative estimate of drug-likeness (QED) is 0.655. The Morgan fingerprint density at radius 1 is 1.36 bits per heavy atom. The third kappa shape index (κ3) is 3.77. The first-order valence-electron chi connectivity index (χ1n) is 4.81. The molecule has 0 fully saturated rings. The summed E-state index contributed by atoms with van der Waals surface area (Å²) in [7, 11) is 0. The Morgan fingerprint density at radius 2 is 2.07 bits per heavy atom. The molecule has 1 heterocycles. The van der Waals surface area contributed by atoms with Gasteiger partial charge in [0, 0.05) is 13.2 Å². The van der Waals surface area contributed by atoms with Crippen LogP contribution < -0.4 is 0 Å². The van der Waals surface area contributed by atoms with Crippen LogP contribution in [0, 0.1) is 0 Å². The molecular weight excluding hydrogens is 180 g/mol. The van der Waals surface area contributed by atoms with Gasteiger partial charge < -0.3 is 13.9 Å². The largest absolute Gasteiger partial charge is 0.465 e. The predicted octanol–water partition coefficient (Wildman–Crippen LogP) is 2.69. The van der Waals surface area contributed by atoms with Crippen LogP contribution in [0.3, 0.4) is 0 Å². The van der Waals surface area contributed by atoms with Gasteiger partial charge in [-0.2, -0.15) is 0 Å². The second-order valence-electron chi connectivity index (χ2n) is 2.65. The minimum Gasteiger partial charge on any atom is -0.465 e. The fourth-order valence-corrected chi connectivity index (χ4v) is 1.05. The summed E-state index contributed by atoms with van der Waals surface area (Å²) < 4.78 is 15.8. The van der Waals surface area contributed by atoms with Gasteiger partial charge in [-0.25, -0.2) is 0 Å². The summed E-state index contributed by atoms with van der Waals surface area (Å²) in [6, 6.07) is 3.72. The SMILES string of the molecule is CCOC(C=Cc1ccco1)OCC. The van der Waals surface area contributed by atoms with Crippen molar-refractivity contribution in [2.24, 2.45) is 0 Å². The summed E-state index contributed by atoms with van der Waals surface area (Å²) in [4.78, 5) is 0. The van der Waals surface area contributed by atoms with Gasteiger partial charge >= 0.3 is 0 Å². The summed E-state index contributed by atoms with van der Waals surface area (Å²) in [6.07, 6.45) is 5.04. The maximum atomic E-state index is 5.33. The van der Waals surface area contributed by atoms with Crippen LogP contribution >= 0.6 is 0 Å². The zero-order chi connectivity index (χ0) is 10.2. The monoisotopic (exact) mass is 196 g/mol. The van der Waals surface area contributed by atoms with E-state index in [9.17, 15) is 0 Å². The highest BCUT2D eigenvalue weighted by Gasteiger charge is 2.01. The number of hydrogen-bond donors (Lipinski definition) is 0. The number of furan rings is 1. The van der Waals surface area contributed by atoms with Crippen molar-refractivity contribution in [2.75, 3.05) is 13.2 Å². The van der Waals surface area contributed by atoms with Gasteiger partial charge in [-0.05, 0) is 38.1 Å². The van der Waals surface area contributed by atoms with Gasteiger partial charge in [0.25, 0.3) is 0 Å². The predicted molar refractivity (Wildman–Crippen MR) is 54.8 cm³/mol. The van der Waals surface area contributed by atoms with E-state index in [1.807, 2.05) is 38.1 Å². The maximum Gasteiger partial charge on any atom is 0.177 e. The lowest BCUT2D eigenvalue weighted by molar-refractivity contribution is -0.103. The van der Waals surface area contributed by atoms with Crippen molar-refractivity contribution in [3.8, 4) is 0 Å². The molecule has 3 nitrogen and oxygen atoms in total. The second-order valence-corrected chi connectivity index (χ2v) is 2.65. The van der Waals surface area contributed by atoms with Crippen molar-refractivity contribution in [3.63, 3.8) is 0 Å². The molecule has 1 aromatic rings. The first kappa shape index (κ1) is 11.0. The van der Waals surface area contributed by atoms with E-state index in [4.69, 9.17) is 13.9 Å². The Morgan fingerprint density at radius 3 is 2.57 bits per heavy atom. The number of hydrogen-bond acceptors (Lipinski definition) is 3. The summed E-state index contributed by atoms with van der Waals surface area (Å²) in [6.45, 7) is 5.14. The highest BCUT2D eigenvalue weighted by molar-refractivity contribution is 5.42. The minimum absolute atomic E-state index is 0.282. The molecule has 0 aliphatic carbocycles. The van der Waals surface area contributed by atoms with Crippen molar-refractivity contribution in [1.82, 2.24) is 0 Å². The van der Waals surface area contributed by atoms with Crippen molar-refractivity contribution < 1.29 is 13.9 Å². The molecule has 1 aromatic heterocycles. The van der Waals surface area contributed by atoms with Crippen LogP contribution in [-0.2, 0) is 9.47 Å². The average molecular weight is 196 g/mol. The molecule has 3 heteroatoms. The standard InChI is InChI=1S/C11H16O3/c1-3-12-11(13-4-2)8-7-10-6-5-9-14-10/h5-9,11H,3-4H2,1-2H3. The summed E-state index contributed by atoms with van der Waals surface area (Å²) in [5.74, 6) is 0.800. The van der Waals surface area contributed by atoms with E-state index in [2.05, 4.69) is 0 Å². The fourth-order valence-electron chi connectivity index (χ4n) is 1.05. The minimum atomic E-state index is -0.282. The van der Waals surface area contributed by atoms with E-state index in [-0.39, 0.29) is 6.29 Å². The molecule has 0 radical (unpaired) electrons. The molecule has 14 heavy (non-hydrogen) atoms. The van der Waals surface area contributed by atoms with Crippen LogP contribution in [0.15, 0.2) is 28.9 Å². The van der Waals surface area contributed by atoms with Gasteiger partial charge in [0.2, 0.25) is 0 Å². The normalized spacial score (nSPS) is 11.6. The van der Waals surface area contributed by atoms with E-state index in [0.717, 1.165) is 5.76 Å². The fraction of sp³-hybridized carbons (Fsp3) is 0.455. The Kier molecular flexibility index (Phi) is 5.04. The van der Waals surface area contributed by atoms with Crippen LogP contribution in [0.1, 0.15) is 19.6 Å². The van der Waals surface area contributed by atoms with Gasteiger partial charge in [-0.3, -0.25) is 0 Å². The number of rotatable bonds is 6. The van der Waals surface area contributed by atoms with Gasteiger partial charge in [0.05, 0.1) is 6.26 Å². The molecule has 0 spiro atoms. The van der Waals surface area contributed by atoms with Crippen molar-refractivity contribution >= 4 is 6.08 Å². The lowest BCUT2D eigenvalue weighted by atomic mass is 10.4. The number of ether oxygens (including phenoxy) is 2. The maximum absolute atomic E-state index is 5.33. The lowest BCUT2D eigenvalue weighted by Crippen LogP contribution is -2.13. The lowest BCUT2D eigenvalue weighted by Gasteiger charge is -2.11. The molecule has 0 N–H and O–H groups in total. The molecule has 0 aliphatic heterocycles. The molecule has 1 rings (SSSR count). The molecule has 0 bridgehead atoms. The first-order chi connectivity index (χ1) is 6.86. The molecule has 0 atom stereocenters. The van der Waals surface area contributed by atoms with E-state index in [1.54, 1.807) is 6.26 Å². The molecule has 0 saturated carbocycles. The topological polar surface area (TPSA) is 31.6 Å². The molecule has 78 valence electrons. The van der Waals surface area contributed by atoms with Crippen molar-refractivity contribution in [3.05, 3.63) is 30.2 Å². The average Bonchev–Trinajstić information content (AvgIpc) is 2.67. The van der Waals surface area contributed by atoms with Crippen LogP contribution in [0.2, 0.25) is 0 Å². The van der Waals surface area contributed by atoms with Gasteiger partial charge in [0.15, 0.2) is 6.29 Å². The van der Waals surface area contributed by atoms with Crippen LogP contribution in [0.25, 0.3) is 6.08 Å². The molecular formula is C11H16O3. The van der Waals surface area contributed by atoms with E-state index in [1.165, 1.54) is 0 Å². The van der Waals surface area contributed by atoms with Crippen molar-refractivity contribution in [1.29, 1.82) is 0 Å². The van der Waals surface area contributed by atoms with E-state index in [0.29, 0.717) is 13.2 Å². The summed E-state index contributed by atoms with van der Waals surface area (Å²) in [5, 5.41) is 0. The second kappa shape index (κ2) is 6.40. The Hall–Kier alpha value is -1.06. The summed E-state index contributed by atoms with van der Waals surface area (Å²) >= 11 is 0. The van der Waals surface area contributed by atoms with E-state index < -0.39 is 0 Å². The molecule has 0 saturated heterocycles. The molecule has 0 amide bonds. The Bertz CT molecular complexity index is 246. The van der Waals surface area contributed by atoms with Crippen LogP contribution in [0.5, 0.6) is 0 Å². The van der Waals surface area contributed by atoms with Gasteiger partial charge in [-0.1, -0.05) is 0 Å². The van der Waals surface area contributed by atoms with Crippen molar-refractivity contribution in [2.45, 2.75) is 20.1 Å². The first-order valence-corrected chi connectivity index (χ1v) is 4.81. The zero-order valence-corrected chi connectivity index (χ0v) is 8.60. The van der Waals surface area contributed by atoms with E-state index >= 15 is 0 Å². The van der Waals surface area contributed by atoms with Gasteiger partial charge in [-0.15, -0.1) is 0 Å². The third-order valence-electron chi connectivity index (χ3n) is 1.62. The smallest absolute Gasteiger partial charge is 0.177 e. The Balaban J connectivity index is 2.45. The molecule has 0 aliphatic rings. The summed E-state index contributed by atoms with van der Waals surface area (Å²) in [5.41, 5.74) is 0. The highest BCUT2D eigenvalue weighted by atomic mass is 16.7. The Labute approximate surface area is 84.3 Å². The molecule has 0 unspecified atom stereocenters. The third-order valence-corrected chi connectivity index (χ3v) is 1.62. The highest BCUT2D eigenvalue weighted by Crippen LogP contribution is 2.05. The van der Waals surface area contributed by atoms with Gasteiger partial charge in [0.1, 0.15) is 5.76 Å².